The van der Waals surface area contributed by atoms with Gasteiger partial charge >= 0.3 is 0 Å². The number of rotatable bonds is 7. The van der Waals surface area contributed by atoms with Gasteiger partial charge in [0.05, 0.1) is 5.75 Å². The zero-order valence-corrected chi connectivity index (χ0v) is 10.4. The van der Waals surface area contributed by atoms with Gasteiger partial charge in [-0.15, -0.1) is 0 Å². The van der Waals surface area contributed by atoms with E-state index in [0.717, 1.165) is 0 Å². The first-order valence-corrected chi connectivity index (χ1v) is 7.06. The minimum absolute atomic E-state index is 0.175. The Kier molecular flexibility index (Phi) is 4.88. The highest BCUT2D eigenvalue weighted by molar-refractivity contribution is 7.91. The Morgan fingerprint density at radius 1 is 1.38 bits per heavy atom. The Hall–Kier alpha value is -0.950. The maximum Gasteiger partial charge on any atom is 0.223 e. The Bertz CT molecular complexity index is 413. The van der Waals surface area contributed by atoms with Crippen LogP contribution in [0.25, 0.3) is 0 Å². The number of aryl methyl sites for hydroxylation is 1. The number of nitrogens with zero attached hydrogens (tertiary/aromatic N) is 2. The second-order valence-corrected chi connectivity index (χ2v) is 5.94. The van der Waals surface area contributed by atoms with E-state index in [9.17, 15) is 8.42 Å². The highest BCUT2D eigenvalue weighted by Gasteiger charge is 2.06. The Morgan fingerprint density at radius 2 is 2.12 bits per heavy atom. The molecule has 0 aliphatic heterocycles. The molecule has 7 heteroatoms. The maximum absolute atomic E-state index is 11.2. The minimum atomic E-state index is -2.87. The van der Waals surface area contributed by atoms with E-state index in [1.54, 1.807) is 13.8 Å². The quantitative estimate of drug-likeness (QED) is 0.680. The topological polar surface area (TPSA) is 85.1 Å². The molecule has 0 aromatic carbocycles. The summed E-state index contributed by atoms with van der Waals surface area (Å²) in [5, 5.41) is 6.77. The number of nitrogens with one attached hydrogen (secondary N) is 1. The first-order valence-electron chi connectivity index (χ1n) is 5.24. The smallest absolute Gasteiger partial charge is 0.223 e. The molecular formula is C9H17N3O3S. The monoisotopic (exact) mass is 247 g/mol. The van der Waals surface area contributed by atoms with Crippen LogP contribution in [0, 0.1) is 6.92 Å². The lowest BCUT2D eigenvalue weighted by molar-refractivity contribution is 0.387. The van der Waals surface area contributed by atoms with Crippen LogP contribution in [0.2, 0.25) is 0 Å². The number of sulfone groups is 1. The second kappa shape index (κ2) is 5.95. The summed E-state index contributed by atoms with van der Waals surface area (Å²) in [4.78, 5) is 4.04. The molecule has 0 unspecified atom stereocenters. The molecule has 1 heterocycles. The molecule has 6 nitrogen and oxygen atoms in total. The van der Waals surface area contributed by atoms with E-state index in [4.69, 9.17) is 4.52 Å². The summed E-state index contributed by atoms with van der Waals surface area (Å²) in [5.41, 5.74) is 0. The SMILES string of the molecule is CCS(=O)(=O)CCNCCc1noc(C)n1. The lowest BCUT2D eigenvalue weighted by atomic mass is 10.4. The summed E-state index contributed by atoms with van der Waals surface area (Å²) in [7, 11) is -2.87. The van der Waals surface area contributed by atoms with E-state index in [2.05, 4.69) is 15.5 Å². The van der Waals surface area contributed by atoms with Gasteiger partial charge in [0, 0.05) is 32.2 Å². The van der Waals surface area contributed by atoms with E-state index >= 15 is 0 Å². The largest absolute Gasteiger partial charge is 0.340 e. The molecule has 1 N–H and O–H groups in total. The van der Waals surface area contributed by atoms with Crippen molar-refractivity contribution in [2.45, 2.75) is 20.3 Å². The van der Waals surface area contributed by atoms with E-state index in [1.165, 1.54) is 0 Å². The summed E-state index contributed by atoms with van der Waals surface area (Å²) in [6.07, 6.45) is 0.642. The fraction of sp³-hybridized carbons (Fsp3) is 0.778. The molecule has 0 aliphatic carbocycles. The molecule has 1 rings (SSSR count). The fourth-order valence-electron chi connectivity index (χ4n) is 1.14. The zero-order valence-electron chi connectivity index (χ0n) is 9.56. The van der Waals surface area contributed by atoms with Crippen LogP contribution in [0.3, 0.4) is 0 Å². The van der Waals surface area contributed by atoms with Gasteiger partial charge in [0.1, 0.15) is 0 Å². The van der Waals surface area contributed by atoms with Crippen molar-refractivity contribution in [3.8, 4) is 0 Å². The van der Waals surface area contributed by atoms with Crippen LogP contribution in [0.4, 0.5) is 0 Å². The van der Waals surface area contributed by atoms with Crippen LogP contribution in [0.1, 0.15) is 18.6 Å². The molecule has 0 spiro atoms. The zero-order chi connectivity index (χ0) is 12.0. The number of aromatic nitrogens is 2. The number of hydrogen-bond donors (Lipinski definition) is 1. The van der Waals surface area contributed by atoms with Gasteiger partial charge in [-0.3, -0.25) is 0 Å². The minimum Gasteiger partial charge on any atom is -0.340 e. The van der Waals surface area contributed by atoms with Crippen LogP contribution < -0.4 is 5.32 Å². The molecule has 0 saturated heterocycles. The van der Waals surface area contributed by atoms with Gasteiger partial charge in [0.2, 0.25) is 5.89 Å². The second-order valence-electron chi connectivity index (χ2n) is 3.47. The normalized spacial score (nSPS) is 11.9. The highest BCUT2D eigenvalue weighted by atomic mass is 32.2. The van der Waals surface area contributed by atoms with Crippen molar-refractivity contribution in [1.29, 1.82) is 0 Å². The first-order chi connectivity index (χ1) is 7.53. The third-order valence-corrected chi connectivity index (χ3v) is 3.83. The van der Waals surface area contributed by atoms with Gasteiger partial charge in [0.25, 0.3) is 0 Å². The Labute approximate surface area is 95.3 Å². The van der Waals surface area contributed by atoms with Crippen molar-refractivity contribution >= 4 is 9.84 Å². The van der Waals surface area contributed by atoms with E-state index < -0.39 is 9.84 Å². The van der Waals surface area contributed by atoms with E-state index in [-0.39, 0.29) is 11.5 Å². The van der Waals surface area contributed by atoms with Crippen LogP contribution in [-0.2, 0) is 16.3 Å². The van der Waals surface area contributed by atoms with Crippen LogP contribution >= 0.6 is 0 Å². The van der Waals surface area contributed by atoms with Crippen molar-refractivity contribution in [1.82, 2.24) is 15.5 Å². The molecule has 0 bridgehead atoms. The molecule has 92 valence electrons. The third-order valence-electron chi connectivity index (χ3n) is 2.12. The predicted octanol–water partition coefficient (Wildman–Crippen LogP) is -0.0552. The van der Waals surface area contributed by atoms with E-state index in [0.29, 0.717) is 31.2 Å². The summed E-state index contributed by atoms with van der Waals surface area (Å²) in [5.74, 6) is 1.56. The molecule has 0 amide bonds. The summed E-state index contributed by atoms with van der Waals surface area (Å²) in [6, 6.07) is 0. The summed E-state index contributed by atoms with van der Waals surface area (Å²) < 4.78 is 27.1. The molecule has 16 heavy (non-hydrogen) atoms. The van der Waals surface area contributed by atoms with Crippen molar-refractivity contribution in [3.05, 3.63) is 11.7 Å². The summed E-state index contributed by atoms with van der Waals surface area (Å²) in [6.45, 7) is 4.50. The van der Waals surface area contributed by atoms with Crippen molar-refractivity contribution < 1.29 is 12.9 Å². The average Bonchev–Trinajstić information content (AvgIpc) is 2.64. The Morgan fingerprint density at radius 3 is 2.69 bits per heavy atom. The maximum atomic E-state index is 11.2. The molecule has 0 saturated carbocycles. The lowest BCUT2D eigenvalue weighted by Crippen LogP contribution is -2.25. The Balaban J connectivity index is 2.13. The predicted molar refractivity (Wildman–Crippen MR) is 59.9 cm³/mol. The van der Waals surface area contributed by atoms with Crippen molar-refractivity contribution in [3.63, 3.8) is 0 Å². The first kappa shape index (κ1) is 13.1. The van der Waals surface area contributed by atoms with Gasteiger partial charge in [-0.25, -0.2) is 8.42 Å². The molecule has 1 aromatic heterocycles. The lowest BCUT2D eigenvalue weighted by Gasteiger charge is -2.02. The van der Waals surface area contributed by atoms with Gasteiger partial charge in [0.15, 0.2) is 15.7 Å². The van der Waals surface area contributed by atoms with Gasteiger partial charge in [-0.1, -0.05) is 12.1 Å². The van der Waals surface area contributed by atoms with Gasteiger partial charge in [-0.05, 0) is 0 Å². The molecule has 1 aromatic rings. The molecule has 0 radical (unpaired) electrons. The third kappa shape index (κ3) is 4.71. The van der Waals surface area contributed by atoms with Gasteiger partial charge < -0.3 is 9.84 Å². The standard InChI is InChI=1S/C9H17N3O3S/c1-3-16(13,14)7-6-10-5-4-9-11-8(2)15-12-9/h10H,3-7H2,1-2H3. The molecular weight excluding hydrogens is 230 g/mol. The van der Waals surface area contributed by atoms with Crippen molar-refractivity contribution in [2.75, 3.05) is 24.6 Å². The molecule has 0 aliphatic rings. The number of hydrogen-bond acceptors (Lipinski definition) is 6. The average molecular weight is 247 g/mol. The van der Waals surface area contributed by atoms with Crippen LogP contribution in [-0.4, -0.2) is 43.2 Å². The summed E-state index contributed by atoms with van der Waals surface area (Å²) >= 11 is 0. The molecule has 0 fully saturated rings. The van der Waals surface area contributed by atoms with Crippen LogP contribution in [0.5, 0.6) is 0 Å². The fourth-order valence-corrected chi connectivity index (χ4v) is 1.88. The van der Waals surface area contributed by atoms with Crippen LogP contribution in [0.15, 0.2) is 4.52 Å². The molecule has 0 atom stereocenters. The van der Waals surface area contributed by atoms with Crippen molar-refractivity contribution in [2.24, 2.45) is 0 Å². The highest BCUT2D eigenvalue weighted by Crippen LogP contribution is 1.94. The van der Waals surface area contributed by atoms with E-state index in [1.807, 2.05) is 0 Å². The van der Waals surface area contributed by atoms with Gasteiger partial charge in [-0.2, -0.15) is 4.98 Å².